The molecule has 5 atom stereocenters. The van der Waals surface area contributed by atoms with E-state index in [1.54, 1.807) is 5.57 Å². The molecule has 1 spiro atoms. The Bertz CT molecular complexity index is 653. The molecule has 3 saturated carbocycles. The molecule has 3 heteroatoms. The van der Waals surface area contributed by atoms with Crippen LogP contribution in [0.5, 0.6) is 0 Å². The van der Waals surface area contributed by atoms with E-state index >= 15 is 0 Å². The van der Waals surface area contributed by atoms with Crippen molar-refractivity contribution in [2.45, 2.75) is 84.3 Å². The zero-order chi connectivity index (χ0) is 18.9. The quantitative estimate of drug-likeness (QED) is 0.587. The number of carbonyl (C=O) groups excluding carboxylic acids is 1. The van der Waals surface area contributed by atoms with E-state index < -0.39 is 0 Å². The molecule has 1 aliphatic heterocycles. The molecule has 1 saturated heterocycles. The molecular weight excluding hydrogens is 336 g/mol. The lowest BCUT2D eigenvalue weighted by molar-refractivity contribution is -0.307. The molecule has 0 amide bonds. The smallest absolute Gasteiger partial charge is 0.172 e. The summed E-state index contributed by atoms with van der Waals surface area (Å²) in [7, 11) is 0. The topological polar surface area (TPSA) is 35.5 Å². The standard InChI is InChI=1S/C24H36O3/c1-4-23-11-9-18-17-10-12-24(26-14-22(2,3)15-27-24)13-16(17)5-6-19(18)20(23)7-8-21(23)25/h5,17-20H,4,6-15H2,1-3H3/t17-,18+,19+,20-,23-/m0/s1. The molecule has 0 aromatic rings. The van der Waals surface area contributed by atoms with Crippen molar-refractivity contribution < 1.29 is 14.3 Å². The minimum atomic E-state index is -0.351. The van der Waals surface area contributed by atoms with Gasteiger partial charge in [-0.2, -0.15) is 0 Å². The Morgan fingerprint density at radius 1 is 1.07 bits per heavy atom. The third kappa shape index (κ3) is 2.71. The Hall–Kier alpha value is -0.670. The van der Waals surface area contributed by atoms with Crippen molar-refractivity contribution in [3.8, 4) is 0 Å². The number of allylic oxidation sites excluding steroid dienone is 1. The molecule has 3 nitrogen and oxygen atoms in total. The highest BCUT2D eigenvalue weighted by Crippen LogP contribution is 2.62. The van der Waals surface area contributed by atoms with Crippen LogP contribution >= 0.6 is 0 Å². The second-order valence-electron chi connectivity index (χ2n) is 10.9. The summed E-state index contributed by atoms with van der Waals surface area (Å²) in [5.74, 6) is 3.11. The average molecular weight is 373 g/mol. The summed E-state index contributed by atoms with van der Waals surface area (Å²) in [6, 6.07) is 0. The van der Waals surface area contributed by atoms with E-state index in [0.29, 0.717) is 17.6 Å². The van der Waals surface area contributed by atoms with Gasteiger partial charge in [-0.05, 0) is 62.2 Å². The van der Waals surface area contributed by atoms with E-state index in [0.717, 1.165) is 63.6 Å². The van der Waals surface area contributed by atoms with Crippen LogP contribution in [0.2, 0.25) is 0 Å². The molecule has 0 radical (unpaired) electrons. The number of hydrogen-bond donors (Lipinski definition) is 0. The number of ether oxygens (including phenoxy) is 2. The van der Waals surface area contributed by atoms with Crippen LogP contribution in [0, 0.1) is 34.5 Å². The third-order valence-electron chi connectivity index (χ3n) is 8.98. The molecule has 5 rings (SSSR count). The van der Waals surface area contributed by atoms with Gasteiger partial charge < -0.3 is 9.47 Å². The normalized spacial score (nSPS) is 45.0. The van der Waals surface area contributed by atoms with E-state index in [2.05, 4.69) is 26.8 Å². The molecule has 0 aromatic heterocycles. The average Bonchev–Trinajstić information content (AvgIpc) is 3.01. The summed E-state index contributed by atoms with van der Waals surface area (Å²) in [4.78, 5) is 12.7. The molecule has 4 fully saturated rings. The van der Waals surface area contributed by atoms with E-state index in [1.165, 1.54) is 19.3 Å². The zero-order valence-electron chi connectivity index (χ0n) is 17.4. The summed E-state index contributed by atoms with van der Waals surface area (Å²) in [5.41, 5.74) is 1.77. The summed E-state index contributed by atoms with van der Waals surface area (Å²) in [6.45, 7) is 8.31. The monoisotopic (exact) mass is 372 g/mol. The highest BCUT2D eigenvalue weighted by Gasteiger charge is 2.58. The van der Waals surface area contributed by atoms with Crippen LogP contribution in [0.4, 0.5) is 0 Å². The first-order valence-electron chi connectivity index (χ1n) is 11.4. The second kappa shape index (κ2) is 6.16. The van der Waals surface area contributed by atoms with Gasteiger partial charge in [-0.3, -0.25) is 4.79 Å². The van der Waals surface area contributed by atoms with Gasteiger partial charge in [0.05, 0.1) is 13.2 Å². The van der Waals surface area contributed by atoms with E-state index in [9.17, 15) is 4.79 Å². The second-order valence-corrected chi connectivity index (χ2v) is 10.9. The number of fused-ring (bicyclic) bond motifs is 5. The molecule has 150 valence electrons. The van der Waals surface area contributed by atoms with Gasteiger partial charge in [0, 0.05) is 30.1 Å². The van der Waals surface area contributed by atoms with Crippen LogP contribution in [0.1, 0.15) is 78.6 Å². The molecule has 27 heavy (non-hydrogen) atoms. The molecule has 4 aliphatic carbocycles. The van der Waals surface area contributed by atoms with Crippen molar-refractivity contribution in [2.24, 2.45) is 34.5 Å². The maximum Gasteiger partial charge on any atom is 0.172 e. The molecule has 0 unspecified atom stereocenters. The van der Waals surface area contributed by atoms with Crippen LogP contribution in [-0.2, 0) is 14.3 Å². The lowest BCUT2D eigenvalue weighted by Crippen LogP contribution is -2.52. The highest BCUT2D eigenvalue weighted by atomic mass is 16.7. The summed E-state index contributed by atoms with van der Waals surface area (Å²) >= 11 is 0. The minimum Gasteiger partial charge on any atom is -0.349 e. The van der Waals surface area contributed by atoms with Crippen LogP contribution in [0.3, 0.4) is 0 Å². The Balaban J connectivity index is 1.36. The first-order valence-corrected chi connectivity index (χ1v) is 11.4. The van der Waals surface area contributed by atoms with Crippen LogP contribution in [0.25, 0.3) is 0 Å². The van der Waals surface area contributed by atoms with Gasteiger partial charge in [-0.15, -0.1) is 0 Å². The van der Waals surface area contributed by atoms with Crippen molar-refractivity contribution in [3.05, 3.63) is 11.6 Å². The fourth-order valence-electron chi connectivity index (χ4n) is 7.45. The van der Waals surface area contributed by atoms with Crippen molar-refractivity contribution in [1.82, 2.24) is 0 Å². The minimum absolute atomic E-state index is 0.0313. The van der Waals surface area contributed by atoms with Crippen LogP contribution in [-0.4, -0.2) is 24.8 Å². The SMILES string of the molecule is CC[C@]12CC[C@H]3[C@@H](CC=C4CC5(CC[C@@H]43)OCC(C)(C)CO5)[C@@H]1CCC2=O. The van der Waals surface area contributed by atoms with Crippen LogP contribution in [0.15, 0.2) is 11.6 Å². The summed E-state index contributed by atoms with van der Waals surface area (Å²) in [6.07, 6.45) is 12.4. The van der Waals surface area contributed by atoms with E-state index in [-0.39, 0.29) is 16.6 Å². The molecule has 5 aliphatic rings. The van der Waals surface area contributed by atoms with Crippen LogP contribution < -0.4 is 0 Å². The van der Waals surface area contributed by atoms with Crippen molar-refractivity contribution in [2.75, 3.05) is 13.2 Å². The highest BCUT2D eigenvalue weighted by molar-refractivity contribution is 5.87. The maximum atomic E-state index is 12.7. The number of carbonyl (C=O) groups is 1. The first-order chi connectivity index (χ1) is 12.9. The first kappa shape index (κ1) is 18.4. The summed E-state index contributed by atoms with van der Waals surface area (Å²) in [5, 5.41) is 0. The predicted octanol–water partition coefficient (Wildman–Crippen LogP) is 5.29. The fourth-order valence-corrected chi connectivity index (χ4v) is 7.45. The summed E-state index contributed by atoms with van der Waals surface area (Å²) < 4.78 is 12.6. The largest absolute Gasteiger partial charge is 0.349 e. The Kier molecular flexibility index (Phi) is 4.19. The van der Waals surface area contributed by atoms with Crippen molar-refractivity contribution >= 4 is 5.78 Å². The van der Waals surface area contributed by atoms with E-state index in [1.807, 2.05) is 0 Å². The van der Waals surface area contributed by atoms with Gasteiger partial charge in [0.25, 0.3) is 0 Å². The zero-order valence-corrected chi connectivity index (χ0v) is 17.4. The Labute approximate surface area is 164 Å². The molecule has 0 bridgehead atoms. The fraction of sp³-hybridized carbons (Fsp3) is 0.875. The lowest BCUT2D eigenvalue weighted by Gasteiger charge is -2.55. The van der Waals surface area contributed by atoms with Gasteiger partial charge in [0.1, 0.15) is 5.78 Å². The van der Waals surface area contributed by atoms with Gasteiger partial charge in [-0.25, -0.2) is 0 Å². The number of rotatable bonds is 1. The third-order valence-corrected chi connectivity index (χ3v) is 8.98. The van der Waals surface area contributed by atoms with Gasteiger partial charge in [-0.1, -0.05) is 32.4 Å². The molecular formula is C24H36O3. The molecule has 0 N–H and O–H groups in total. The van der Waals surface area contributed by atoms with Crippen molar-refractivity contribution in [3.63, 3.8) is 0 Å². The van der Waals surface area contributed by atoms with Gasteiger partial charge >= 0.3 is 0 Å². The van der Waals surface area contributed by atoms with Gasteiger partial charge in [0.2, 0.25) is 0 Å². The van der Waals surface area contributed by atoms with Gasteiger partial charge in [0.15, 0.2) is 5.79 Å². The lowest BCUT2D eigenvalue weighted by atomic mass is 9.51. The van der Waals surface area contributed by atoms with E-state index in [4.69, 9.17) is 9.47 Å². The Morgan fingerprint density at radius 3 is 2.59 bits per heavy atom. The number of hydrogen-bond acceptors (Lipinski definition) is 3. The molecule has 1 heterocycles. The van der Waals surface area contributed by atoms with Crippen molar-refractivity contribution in [1.29, 1.82) is 0 Å². The Morgan fingerprint density at radius 2 is 1.85 bits per heavy atom. The molecule has 0 aromatic carbocycles. The maximum absolute atomic E-state index is 12.7. The number of Topliss-reactive ketones (excluding diaryl/α,β-unsaturated/α-hetero) is 1. The number of ketones is 1. The predicted molar refractivity (Wildman–Crippen MR) is 105 cm³/mol.